The van der Waals surface area contributed by atoms with Gasteiger partial charge in [0.15, 0.2) is 6.29 Å². The van der Waals surface area contributed by atoms with Crippen molar-refractivity contribution in [3.63, 3.8) is 0 Å². The molecule has 10 heavy (non-hydrogen) atoms. The molecule has 0 fully saturated rings. The largest absolute Gasteiger partial charge is 0.296 e. The maximum absolute atomic E-state index is 10.1. The normalized spacial score (nSPS) is 9.30. The number of aryl methyl sites for hydroxylation is 1. The standard InChI is InChI=1S/C7H8N2O/c1-2-6-3-4-7(5-10)9-8-6/h3-5H,2H2,1H3. The van der Waals surface area contributed by atoms with Crippen LogP contribution in [0.4, 0.5) is 0 Å². The lowest BCUT2D eigenvalue weighted by atomic mass is 10.3. The van der Waals surface area contributed by atoms with E-state index in [1.54, 1.807) is 12.1 Å². The van der Waals surface area contributed by atoms with Crippen LogP contribution in [-0.2, 0) is 6.42 Å². The van der Waals surface area contributed by atoms with Gasteiger partial charge in [0.25, 0.3) is 0 Å². The van der Waals surface area contributed by atoms with Crippen molar-refractivity contribution < 1.29 is 4.79 Å². The number of rotatable bonds is 2. The van der Waals surface area contributed by atoms with Crippen LogP contribution in [-0.4, -0.2) is 16.5 Å². The Kier molecular flexibility index (Phi) is 2.10. The van der Waals surface area contributed by atoms with Crippen LogP contribution in [0.5, 0.6) is 0 Å². The average Bonchev–Trinajstić information content (AvgIpc) is 2.05. The lowest BCUT2D eigenvalue weighted by molar-refractivity contribution is 0.111. The van der Waals surface area contributed by atoms with Crippen molar-refractivity contribution in [3.8, 4) is 0 Å². The van der Waals surface area contributed by atoms with Gasteiger partial charge in [0.1, 0.15) is 5.69 Å². The van der Waals surface area contributed by atoms with E-state index in [0.29, 0.717) is 12.0 Å². The topological polar surface area (TPSA) is 42.9 Å². The van der Waals surface area contributed by atoms with Gasteiger partial charge >= 0.3 is 0 Å². The Balaban J connectivity index is 2.90. The second-order valence-corrected chi connectivity index (χ2v) is 1.92. The van der Waals surface area contributed by atoms with E-state index < -0.39 is 0 Å². The van der Waals surface area contributed by atoms with Gasteiger partial charge in [-0.2, -0.15) is 5.10 Å². The van der Waals surface area contributed by atoms with E-state index in [1.165, 1.54) is 0 Å². The summed E-state index contributed by atoms with van der Waals surface area (Å²) in [7, 11) is 0. The molecule has 0 N–H and O–H groups in total. The highest BCUT2D eigenvalue weighted by molar-refractivity contribution is 5.71. The first-order valence-electron chi connectivity index (χ1n) is 3.14. The van der Waals surface area contributed by atoms with Gasteiger partial charge in [-0.3, -0.25) is 4.79 Å². The number of nitrogens with zero attached hydrogens (tertiary/aromatic N) is 2. The van der Waals surface area contributed by atoms with Gasteiger partial charge in [-0.15, -0.1) is 5.10 Å². The Hall–Kier alpha value is -1.25. The summed E-state index contributed by atoms with van der Waals surface area (Å²) >= 11 is 0. The van der Waals surface area contributed by atoms with E-state index in [-0.39, 0.29) is 0 Å². The molecule has 0 atom stereocenters. The first-order chi connectivity index (χ1) is 4.86. The van der Waals surface area contributed by atoms with E-state index in [1.807, 2.05) is 6.92 Å². The van der Waals surface area contributed by atoms with E-state index in [0.717, 1.165) is 12.1 Å². The quantitative estimate of drug-likeness (QED) is 0.566. The van der Waals surface area contributed by atoms with Crippen LogP contribution in [0.25, 0.3) is 0 Å². The summed E-state index contributed by atoms with van der Waals surface area (Å²) < 4.78 is 0. The number of carbonyl (C=O) groups excluding carboxylic acids is 1. The van der Waals surface area contributed by atoms with Crippen LogP contribution < -0.4 is 0 Å². The summed E-state index contributed by atoms with van der Waals surface area (Å²) in [6, 6.07) is 3.47. The average molecular weight is 136 g/mol. The Morgan fingerprint density at radius 3 is 2.70 bits per heavy atom. The molecule has 1 aromatic rings. The van der Waals surface area contributed by atoms with Gasteiger partial charge in [-0.25, -0.2) is 0 Å². The highest BCUT2D eigenvalue weighted by Gasteiger charge is 1.91. The Labute approximate surface area is 59.1 Å². The minimum atomic E-state index is 0.386. The highest BCUT2D eigenvalue weighted by atomic mass is 16.1. The summed E-state index contributed by atoms with van der Waals surface area (Å²) in [6.45, 7) is 1.99. The lowest BCUT2D eigenvalue weighted by Crippen LogP contribution is -1.93. The van der Waals surface area contributed by atoms with Crippen LogP contribution in [0.2, 0.25) is 0 Å². The molecule has 52 valence electrons. The molecule has 0 aliphatic rings. The number of hydrogen-bond acceptors (Lipinski definition) is 3. The minimum Gasteiger partial charge on any atom is -0.296 e. The molecule has 3 heteroatoms. The maximum Gasteiger partial charge on any atom is 0.170 e. The Bertz CT molecular complexity index is 218. The highest BCUT2D eigenvalue weighted by Crippen LogP contribution is 1.93. The maximum atomic E-state index is 10.1. The molecule has 1 aromatic heterocycles. The second kappa shape index (κ2) is 3.06. The molecule has 0 radical (unpaired) electrons. The van der Waals surface area contributed by atoms with Gasteiger partial charge in [-0.1, -0.05) is 6.92 Å². The van der Waals surface area contributed by atoms with Gasteiger partial charge in [0.2, 0.25) is 0 Å². The zero-order chi connectivity index (χ0) is 7.40. The molecule has 0 unspecified atom stereocenters. The fourth-order valence-electron chi connectivity index (χ4n) is 0.622. The monoisotopic (exact) mass is 136 g/mol. The summed E-state index contributed by atoms with van der Waals surface area (Å²) in [4.78, 5) is 10.1. The molecule has 0 spiro atoms. The van der Waals surface area contributed by atoms with Gasteiger partial charge in [0, 0.05) is 0 Å². The predicted octanol–water partition coefficient (Wildman–Crippen LogP) is 0.851. The van der Waals surface area contributed by atoms with Crippen molar-refractivity contribution in [2.24, 2.45) is 0 Å². The van der Waals surface area contributed by atoms with E-state index in [4.69, 9.17) is 0 Å². The minimum absolute atomic E-state index is 0.386. The van der Waals surface area contributed by atoms with Gasteiger partial charge < -0.3 is 0 Å². The summed E-state index contributed by atoms with van der Waals surface area (Å²) in [6.07, 6.45) is 1.54. The van der Waals surface area contributed by atoms with Crippen molar-refractivity contribution in [1.29, 1.82) is 0 Å². The number of aromatic nitrogens is 2. The Morgan fingerprint density at radius 1 is 1.50 bits per heavy atom. The number of hydrogen-bond donors (Lipinski definition) is 0. The number of aldehydes is 1. The summed E-state index contributed by atoms with van der Waals surface area (Å²) in [5.41, 5.74) is 1.29. The zero-order valence-electron chi connectivity index (χ0n) is 5.74. The van der Waals surface area contributed by atoms with E-state index in [9.17, 15) is 4.79 Å². The molecule has 0 aliphatic carbocycles. The van der Waals surface area contributed by atoms with Crippen molar-refractivity contribution in [2.45, 2.75) is 13.3 Å². The van der Waals surface area contributed by atoms with Crippen LogP contribution in [0.15, 0.2) is 12.1 Å². The zero-order valence-corrected chi connectivity index (χ0v) is 5.74. The lowest BCUT2D eigenvalue weighted by Gasteiger charge is -1.91. The molecule has 1 rings (SSSR count). The first-order valence-corrected chi connectivity index (χ1v) is 3.14. The summed E-state index contributed by atoms with van der Waals surface area (Å²) in [5.74, 6) is 0. The van der Waals surface area contributed by atoms with E-state index >= 15 is 0 Å². The molecular formula is C7H8N2O. The fraction of sp³-hybridized carbons (Fsp3) is 0.286. The molecule has 3 nitrogen and oxygen atoms in total. The smallest absolute Gasteiger partial charge is 0.170 e. The SMILES string of the molecule is CCc1ccc(C=O)nn1. The molecule has 0 saturated carbocycles. The third-order valence-corrected chi connectivity index (χ3v) is 1.22. The van der Waals surface area contributed by atoms with Crippen LogP contribution in [0.3, 0.4) is 0 Å². The van der Waals surface area contributed by atoms with Crippen LogP contribution in [0.1, 0.15) is 23.1 Å². The van der Waals surface area contributed by atoms with Crippen molar-refractivity contribution >= 4 is 6.29 Å². The fourth-order valence-corrected chi connectivity index (χ4v) is 0.622. The molecule has 0 saturated heterocycles. The van der Waals surface area contributed by atoms with Crippen molar-refractivity contribution in [2.75, 3.05) is 0 Å². The second-order valence-electron chi connectivity index (χ2n) is 1.92. The van der Waals surface area contributed by atoms with Gasteiger partial charge in [-0.05, 0) is 18.6 Å². The van der Waals surface area contributed by atoms with Crippen molar-refractivity contribution in [3.05, 3.63) is 23.5 Å². The third-order valence-electron chi connectivity index (χ3n) is 1.22. The predicted molar refractivity (Wildman–Crippen MR) is 36.8 cm³/mol. The molecular weight excluding hydrogens is 128 g/mol. The third kappa shape index (κ3) is 1.37. The number of carbonyl (C=O) groups is 1. The molecule has 0 aromatic carbocycles. The molecule has 0 aliphatic heterocycles. The van der Waals surface area contributed by atoms with Crippen molar-refractivity contribution in [1.82, 2.24) is 10.2 Å². The van der Waals surface area contributed by atoms with E-state index in [2.05, 4.69) is 10.2 Å². The molecule has 0 bridgehead atoms. The first kappa shape index (κ1) is 6.86. The van der Waals surface area contributed by atoms with Crippen LogP contribution in [0, 0.1) is 0 Å². The van der Waals surface area contributed by atoms with Crippen LogP contribution >= 0.6 is 0 Å². The molecule has 1 heterocycles. The Morgan fingerprint density at radius 2 is 2.30 bits per heavy atom. The summed E-state index contributed by atoms with van der Waals surface area (Å²) in [5, 5.41) is 7.44. The van der Waals surface area contributed by atoms with Gasteiger partial charge in [0.05, 0.1) is 5.69 Å². The molecule has 0 amide bonds.